The number of guanidine groups is 1. The van der Waals surface area contributed by atoms with E-state index in [1.54, 1.807) is 71.9 Å². The zero-order valence-corrected chi connectivity index (χ0v) is 45.8. The fraction of sp³-hybridized carbons (Fsp3) is 0.620. The zero-order valence-electron chi connectivity index (χ0n) is 45.8. The number of aliphatic hydroxyl groups is 1. The third-order valence-electron chi connectivity index (χ3n) is 11.7. The predicted molar refractivity (Wildman–Crippen MR) is 284 cm³/mol. The molecule has 29 heteroatoms. The largest absolute Gasteiger partial charge is 0.481 e. The number of amides is 9. The Morgan fingerprint density at radius 2 is 0.949 bits per heavy atom. The Balaban J connectivity index is 3.60. The highest BCUT2D eigenvalue weighted by atomic mass is 16.4. The van der Waals surface area contributed by atoms with Crippen molar-refractivity contribution < 1.29 is 78.0 Å². The summed E-state index contributed by atoms with van der Waals surface area (Å²) in [5.41, 5.74) is 17.1. The van der Waals surface area contributed by atoms with Crippen LogP contribution in [-0.4, -0.2) is 171 Å². The van der Waals surface area contributed by atoms with Crippen LogP contribution in [0, 0.1) is 17.8 Å². The van der Waals surface area contributed by atoms with E-state index in [2.05, 4.69) is 52.8 Å². The van der Waals surface area contributed by atoms with Crippen molar-refractivity contribution in [3.63, 3.8) is 0 Å². The van der Waals surface area contributed by atoms with Crippen LogP contribution in [0.3, 0.4) is 0 Å². The molecule has 0 aliphatic carbocycles. The second-order valence-corrected chi connectivity index (χ2v) is 20.1. The number of nitrogens with zero attached hydrogens (tertiary/aromatic N) is 1. The topological polar surface area (TPSA) is 484 Å². The molecule has 0 unspecified atom stereocenters. The van der Waals surface area contributed by atoms with Crippen LogP contribution < -0.4 is 65.1 Å². The van der Waals surface area contributed by atoms with E-state index in [1.165, 1.54) is 13.8 Å². The van der Waals surface area contributed by atoms with Crippen molar-refractivity contribution in [2.24, 2.45) is 39.9 Å². The molecule has 1 aromatic rings. The van der Waals surface area contributed by atoms with Gasteiger partial charge in [-0.05, 0) is 69.3 Å². The maximum Gasteiger partial charge on any atom is 0.328 e. The lowest BCUT2D eigenvalue weighted by molar-refractivity contribution is -0.143. The Morgan fingerprint density at radius 1 is 0.506 bits per heavy atom. The van der Waals surface area contributed by atoms with E-state index < -0.39 is 163 Å². The first-order valence-corrected chi connectivity index (χ1v) is 25.7. The van der Waals surface area contributed by atoms with Crippen molar-refractivity contribution >= 4 is 77.0 Å². The first-order valence-electron chi connectivity index (χ1n) is 25.7. The number of rotatable bonds is 36. The first kappa shape index (κ1) is 69.1. The average Bonchev–Trinajstić information content (AvgIpc) is 3.35. The van der Waals surface area contributed by atoms with Crippen molar-refractivity contribution in [3.05, 3.63) is 35.9 Å². The van der Waals surface area contributed by atoms with Crippen LogP contribution in [-0.2, 0) is 64.0 Å². The summed E-state index contributed by atoms with van der Waals surface area (Å²) in [5.74, 6) is -14.7. The number of carboxylic acid groups (broad SMARTS) is 3. The number of benzene rings is 1. The highest BCUT2D eigenvalue weighted by Gasteiger charge is 2.37. The van der Waals surface area contributed by atoms with Gasteiger partial charge in [-0.15, -0.1) is 0 Å². The Morgan fingerprint density at radius 3 is 1.42 bits per heavy atom. The van der Waals surface area contributed by atoms with Crippen LogP contribution >= 0.6 is 0 Å². The van der Waals surface area contributed by atoms with Crippen LogP contribution in [0.2, 0.25) is 0 Å². The molecule has 0 aromatic heterocycles. The smallest absolute Gasteiger partial charge is 0.328 e. The van der Waals surface area contributed by atoms with Crippen LogP contribution in [0.25, 0.3) is 0 Å². The number of aliphatic carboxylic acids is 3. The van der Waals surface area contributed by atoms with Gasteiger partial charge in [0.05, 0.1) is 19.1 Å². The molecular formula is C50H81N13O16. The molecule has 79 heavy (non-hydrogen) atoms. The summed E-state index contributed by atoms with van der Waals surface area (Å²) in [6.07, 6.45) is -2.80. The van der Waals surface area contributed by atoms with E-state index in [4.69, 9.17) is 17.2 Å². The maximum absolute atomic E-state index is 14.2. The first-order chi connectivity index (χ1) is 36.9. The number of aliphatic imine (C=N–C) groups is 1. The second kappa shape index (κ2) is 34.7. The van der Waals surface area contributed by atoms with E-state index in [1.807, 2.05) is 0 Å². The summed E-state index contributed by atoms with van der Waals surface area (Å²) in [7, 11) is 0. The molecule has 29 nitrogen and oxygen atoms in total. The van der Waals surface area contributed by atoms with Gasteiger partial charge < -0.3 is 85.5 Å². The summed E-state index contributed by atoms with van der Waals surface area (Å²) in [4.78, 5) is 162. The Bertz CT molecular complexity index is 2300. The molecule has 9 amide bonds. The van der Waals surface area contributed by atoms with Gasteiger partial charge in [-0.3, -0.25) is 57.7 Å². The normalized spacial score (nSPS) is 14.9. The van der Waals surface area contributed by atoms with Gasteiger partial charge in [-0.2, -0.15) is 0 Å². The average molecular weight is 1120 g/mol. The number of nitrogens with two attached hydrogens (primary N) is 3. The highest BCUT2D eigenvalue weighted by Crippen LogP contribution is 2.13. The molecule has 0 saturated heterocycles. The molecule has 19 N–H and O–H groups in total. The van der Waals surface area contributed by atoms with Crippen LogP contribution in [0.1, 0.15) is 106 Å². The second-order valence-electron chi connectivity index (χ2n) is 20.1. The van der Waals surface area contributed by atoms with Gasteiger partial charge in [-0.25, -0.2) is 4.79 Å². The Kier molecular flexibility index (Phi) is 30.4. The number of carboxylic acids is 3. The van der Waals surface area contributed by atoms with Crippen molar-refractivity contribution in [2.45, 2.75) is 167 Å². The van der Waals surface area contributed by atoms with Gasteiger partial charge in [0.2, 0.25) is 53.2 Å². The SMILES string of the molecule is CC(C)C[C@H](NC(=O)[C@H](CC(=O)O)NC(=O)[C@H](CCC(=O)O)NC(=O)[C@H](Cc1ccccc1)NC(=O)[C@H](C)NC(=O)[C@H](C)N)C(=O)N[C@@H](CCCN=C(N)N)C(=O)N[C@H](C(=O)N[C@@H](CC(C)C)C(=O)N[C@@H](CO)C(=O)O)C(C)C. The molecule has 1 aromatic carbocycles. The lowest BCUT2D eigenvalue weighted by atomic mass is 9.98. The van der Waals surface area contributed by atoms with Crippen molar-refractivity contribution in [1.29, 1.82) is 0 Å². The molecular weight excluding hydrogens is 1040 g/mol. The summed E-state index contributed by atoms with van der Waals surface area (Å²) in [6, 6.07) is -6.46. The van der Waals surface area contributed by atoms with Gasteiger partial charge in [0, 0.05) is 19.4 Å². The molecule has 0 aliphatic rings. The lowest BCUT2D eigenvalue weighted by Gasteiger charge is -2.29. The van der Waals surface area contributed by atoms with Crippen molar-refractivity contribution in [3.8, 4) is 0 Å². The number of hydrogen-bond donors (Lipinski definition) is 16. The summed E-state index contributed by atoms with van der Waals surface area (Å²) >= 11 is 0. The molecule has 0 aliphatic heterocycles. The molecule has 0 bridgehead atoms. The standard InChI is InChI=1S/C50H81N13O16/c1-24(2)19-32(44(73)56-30(15-12-18-54-50(52)53)43(72)63-39(26(5)6)48(77)61-33(20-25(3)4)45(74)62-36(23-64)49(78)79)59-47(76)35(22-38(67)68)60-42(71)31(16-17-37(65)66)57-46(75)34(21-29-13-10-9-11-14-29)58-41(70)28(8)55-40(69)27(7)51/h9-11,13-14,24-28,30-36,39,64H,12,15-23,51H2,1-8H3,(H,55,69)(H,56,73)(H,57,75)(H,58,70)(H,59,76)(H,60,71)(H,61,77)(H,62,74)(H,63,72)(H,65,66)(H,67,68)(H,78,79)(H4,52,53,54)/t27-,28-,30-,31-,32-,33-,34-,35-,36-,39-/m0/s1. The summed E-state index contributed by atoms with van der Waals surface area (Å²) in [5, 5.41) is 60.1. The van der Waals surface area contributed by atoms with Crippen LogP contribution in [0.4, 0.5) is 0 Å². The monoisotopic (exact) mass is 1120 g/mol. The number of aliphatic hydroxyl groups excluding tert-OH is 1. The zero-order chi connectivity index (χ0) is 60.3. The molecule has 0 radical (unpaired) electrons. The Labute approximate surface area is 457 Å². The van der Waals surface area contributed by atoms with Crippen LogP contribution in [0.15, 0.2) is 35.3 Å². The quantitative estimate of drug-likeness (QED) is 0.0174. The predicted octanol–water partition coefficient (Wildman–Crippen LogP) is -3.82. The minimum atomic E-state index is -1.98. The third-order valence-corrected chi connectivity index (χ3v) is 11.7. The highest BCUT2D eigenvalue weighted by molar-refractivity contribution is 5.99. The maximum atomic E-state index is 14.2. The van der Waals surface area contributed by atoms with Gasteiger partial charge in [-0.1, -0.05) is 71.9 Å². The van der Waals surface area contributed by atoms with Crippen molar-refractivity contribution in [1.82, 2.24) is 47.9 Å². The fourth-order valence-electron chi connectivity index (χ4n) is 7.46. The van der Waals surface area contributed by atoms with E-state index in [-0.39, 0.29) is 56.4 Å². The van der Waals surface area contributed by atoms with E-state index in [0.717, 1.165) is 0 Å². The van der Waals surface area contributed by atoms with E-state index in [9.17, 15) is 78.0 Å². The molecule has 0 heterocycles. The molecule has 1 rings (SSSR count). The fourth-order valence-corrected chi connectivity index (χ4v) is 7.46. The van der Waals surface area contributed by atoms with Crippen molar-refractivity contribution in [2.75, 3.05) is 13.2 Å². The lowest BCUT2D eigenvalue weighted by Crippen LogP contribution is -2.61. The molecule has 10 atom stereocenters. The number of carbonyl (C=O) groups is 12. The minimum Gasteiger partial charge on any atom is -0.481 e. The van der Waals surface area contributed by atoms with E-state index in [0.29, 0.717) is 5.56 Å². The third kappa shape index (κ3) is 26.8. The number of hydrogen-bond acceptors (Lipinski definition) is 15. The molecule has 0 saturated carbocycles. The van der Waals surface area contributed by atoms with Crippen LogP contribution in [0.5, 0.6) is 0 Å². The Hall–Kier alpha value is -7.95. The molecule has 0 fully saturated rings. The minimum absolute atomic E-state index is 0.0230. The number of nitrogens with one attached hydrogen (secondary N) is 9. The van der Waals surface area contributed by atoms with Gasteiger partial charge in [0.25, 0.3) is 0 Å². The molecule has 442 valence electrons. The van der Waals surface area contributed by atoms with Gasteiger partial charge in [0.1, 0.15) is 54.4 Å². The summed E-state index contributed by atoms with van der Waals surface area (Å²) < 4.78 is 0. The van der Waals surface area contributed by atoms with Gasteiger partial charge >= 0.3 is 17.9 Å². The number of carbonyl (C=O) groups excluding carboxylic acids is 9. The summed E-state index contributed by atoms with van der Waals surface area (Å²) in [6.45, 7) is 11.7. The van der Waals surface area contributed by atoms with Gasteiger partial charge in [0.15, 0.2) is 5.96 Å². The molecule has 0 spiro atoms. The van der Waals surface area contributed by atoms with E-state index >= 15 is 0 Å².